The molecule has 0 aliphatic carbocycles. The summed E-state index contributed by atoms with van der Waals surface area (Å²) in [7, 11) is 0. The van der Waals surface area contributed by atoms with Crippen molar-refractivity contribution in [1.29, 1.82) is 5.26 Å². The number of alkyl halides is 3. The molecule has 1 heterocycles. The molecule has 0 unspecified atom stereocenters. The van der Waals surface area contributed by atoms with Gasteiger partial charge in [-0.15, -0.1) is 5.10 Å². The molecule has 0 aliphatic rings. The maximum absolute atomic E-state index is 13.1. The van der Waals surface area contributed by atoms with Crippen LogP contribution in [-0.4, -0.2) is 31.6 Å². The molecule has 0 fully saturated rings. The number of aliphatic hydroxyl groups is 1. The summed E-state index contributed by atoms with van der Waals surface area (Å²) in [4.78, 5) is 12.4. The van der Waals surface area contributed by atoms with Crippen molar-refractivity contribution in [2.45, 2.75) is 25.2 Å². The standard InChI is InChI=1S/C18H14F3N5O2/c1-17(28,10-26-15-5-3-2-4-14(15)24-25-26)16(27)23-12-7-6-11(9-22)13(8-12)18(19,20)21/h2-8,28H,10H2,1H3,(H,23,27)/t17-/m0/s1. The summed E-state index contributed by atoms with van der Waals surface area (Å²) in [5.74, 6) is -0.926. The summed E-state index contributed by atoms with van der Waals surface area (Å²) in [6.07, 6.45) is -4.76. The second-order valence-electron chi connectivity index (χ2n) is 6.33. The van der Waals surface area contributed by atoms with Gasteiger partial charge in [0.25, 0.3) is 5.91 Å². The van der Waals surface area contributed by atoms with Crippen LogP contribution in [0.25, 0.3) is 11.0 Å². The van der Waals surface area contributed by atoms with Gasteiger partial charge in [-0.05, 0) is 37.3 Å². The van der Waals surface area contributed by atoms with Crippen LogP contribution < -0.4 is 5.32 Å². The van der Waals surface area contributed by atoms with Gasteiger partial charge in [-0.3, -0.25) is 4.79 Å². The van der Waals surface area contributed by atoms with Crippen molar-refractivity contribution in [3.05, 3.63) is 53.6 Å². The van der Waals surface area contributed by atoms with E-state index in [1.165, 1.54) is 17.7 Å². The number of benzene rings is 2. The number of nitriles is 1. The quantitative estimate of drug-likeness (QED) is 0.714. The van der Waals surface area contributed by atoms with Crippen LogP contribution in [0.15, 0.2) is 42.5 Å². The molecule has 1 amide bonds. The van der Waals surface area contributed by atoms with Gasteiger partial charge in [-0.25, -0.2) is 4.68 Å². The van der Waals surface area contributed by atoms with Gasteiger partial charge < -0.3 is 10.4 Å². The fraction of sp³-hybridized carbons (Fsp3) is 0.222. The van der Waals surface area contributed by atoms with Gasteiger partial charge in [0.15, 0.2) is 5.60 Å². The minimum absolute atomic E-state index is 0.194. The van der Waals surface area contributed by atoms with Crippen molar-refractivity contribution in [3.63, 3.8) is 0 Å². The molecule has 1 aromatic heterocycles. The number of halogens is 3. The zero-order chi connectivity index (χ0) is 20.5. The Morgan fingerprint density at radius 3 is 2.68 bits per heavy atom. The maximum atomic E-state index is 13.1. The first-order valence-corrected chi connectivity index (χ1v) is 8.05. The lowest BCUT2D eigenvalue weighted by molar-refractivity contribution is -0.138. The summed E-state index contributed by atoms with van der Waals surface area (Å²) in [6.45, 7) is 0.953. The third kappa shape index (κ3) is 3.79. The molecule has 1 atom stereocenters. The molecule has 2 N–H and O–H groups in total. The number of hydrogen-bond donors (Lipinski definition) is 2. The first-order valence-electron chi connectivity index (χ1n) is 8.05. The van der Waals surface area contributed by atoms with Crippen LogP contribution in [0.2, 0.25) is 0 Å². The number of carbonyl (C=O) groups excluding carboxylic acids is 1. The fourth-order valence-corrected chi connectivity index (χ4v) is 2.62. The summed E-state index contributed by atoms with van der Waals surface area (Å²) >= 11 is 0. The van der Waals surface area contributed by atoms with E-state index in [1.54, 1.807) is 24.3 Å². The van der Waals surface area contributed by atoms with Crippen LogP contribution in [0.4, 0.5) is 18.9 Å². The van der Waals surface area contributed by atoms with E-state index in [1.807, 2.05) is 0 Å². The largest absolute Gasteiger partial charge is 0.417 e. The van der Waals surface area contributed by atoms with Gasteiger partial charge in [-0.2, -0.15) is 18.4 Å². The second kappa shape index (κ2) is 6.94. The van der Waals surface area contributed by atoms with E-state index in [0.717, 1.165) is 12.1 Å². The van der Waals surface area contributed by atoms with Crippen LogP contribution >= 0.6 is 0 Å². The molecular formula is C18H14F3N5O2. The molecule has 0 radical (unpaired) electrons. The average molecular weight is 389 g/mol. The van der Waals surface area contributed by atoms with Gasteiger partial charge in [0, 0.05) is 5.69 Å². The number of nitrogens with one attached hydrogen (secondary N) is 1. The minimum Gasteiger partial charge on any atom is -0.378 e. The normalized spacial score (nSPS) is 13.7. The van der Waals surface area contributed by atoms with Crippen LogP contribution in [0.1, 0.15) is 18.1 Å². The van der Waals surface area contributed by atoms with E-state index in [0.29, 0.717) is 17.1 Å². The molecule has 0 saturated carbocycles. The van der Waals surface area contributed by atoms with Crippen molar-refractivity contribution < 1.29 is 23.1 Å². The molecule has 0 aliphatic heterocycles. The number of carbonyl (C=O) groups is 1. The van der Waals surface area contributed by atoms with E-state index >= 15 is 0 Å². The van der Waals surface area contributed by atoms with E-state index in [2.05, 4.69) is 15.6 Å². The predicted octanol–water partition coefficient (Wildman–Crippen LogP) is 2.71. The van der Waals surface area contributed by atoms with E-state index in [9.17, 15) is 23.1 Å². The highest BCUT2D eigenvalue weighted by Gasteiger charge is 2.35. The number of amides is 1. The Bertz CT molecular complexity index is 1080. The summed E-state index contributed by atoms with van der Waals surface area (Å²) in [6, 6.07) is 11.1. The number of hydrogen-bond acceptors (Lipinski definition) is 5. The van der Waals surface area contributed by atoms with Gasteiger partial charge in [-0.1, -0.05) is 17.3 Å². The molecule has 144 valence electrons. The molecular weight excluding hydrogens is 375 g/mol. The monoisotopic (exact) mass is 389 g/mol. The van der Waals surface area contributed by atoms with Crippen molar-refractivity contribution in [1.82, 2.24) is 15.0 Å². The number of rotatable bonds is 4. The van der Waals surface area contributed by atoms with Gasteiger partial charge >= 0.3 is 6.18 Å². The smallest absolute Gasteiger partial charge is 0.378 e. The Labute approximate surface area is 157 Å². The Morgan fingerprint density at radius 1 is 1.29 bits per heavy atom. The lowest BCUT2D eigenvalue weighted by atomic mass is 10.0. The first kappa shape index (κ1) is 19.3. The Balaban J connectivity index is 1.83. The molecule has 2 aromatic carbocycles. The molecule has 0 spiro atoms. The molecule has 0 bridgehead atoms. The SMILES string of the molecule is C[C@](O)(Cn1nnc2ccccc21)C(=O)Nc1ccc(C#N)c(C(F)(F)F)c1. The topological polar surface area (TPSA) is 104 Å². The highest BCUT2D eigenvalue weighted by atomic mass is 19.4. The second-order valence-corrected chi connectivity index (χ2v) is 6.33. The van der Waals surface area contributed by atoms with Crippen molar-refractivity contribution in [2.24, 2.45) is 0 Å². The van der Waals surface area contributed by atoms with Crippen LogP contribution in [-0.2, 0) is 17.5 Å². The van der Waals surface area contributed by atoms with E-state index in [-0.39, 0.29) is 12.2 Å². The van der Waals surface area contributed by atoms with Gasteiger partial charge in [0.05, 0.1) is 29.3 Å². The lowest BCUT2D eigenvalue weighted by Gasteiger charge is -2.22. The first-order chi connectivity index (χ1) is 13.1. The van der Waals surface area contributed by atoms with Crippen LogP contribution in [0, 0.1) is 11.3 Å². The average Bonchev–Trinajstić information content (AvgIpc) is 3.03. The molecule has 28 heavy (non-hydrogen) atoms. The zero-order valence-electron chi connectivity index (χ0n) is 14.5. The molecule has 10 heteroatoms. The third-order valence-electron chi connectivity index (χ3n) is 4.07. The number of fused-ring (bicyclic) bond motifs is 1. The molecule has 3 aromatic rings. The van der Waals surface area contributed by atoms with E-state index in [4.69, 9.17) is 5.26 Å². The Kier molecular flexibility index (Phi) is 4.79. The Morgan fingerprint density at radius 2 is 2.00 bits per heavy atom. The summed E-state index contributed by atoms with van der Waals surface area (Å²) < 4.78 is 40.5. The number of anilines is 1. The number of nitrogens with zero attached hydrogens (tertiary/aromatic N) is 4. The third-order valence-corrected chi connectivity index (χ3v) is 4.07. The van der Waals surface area contributed by atoms with E-state index < -0.39 is 28.8 Å². The Hall–Kier alpha value is -3.45. The zero-order valence-corrected chi connectivity index (χ0v) is 14.5. The molecule has 0 saturated heterocycles. The van der Waals surface area contributed by atoms with Gasteiger partial charge in [0.2, 0.25) is 0 Å². The van der Waals surface area contributed by atoms with Crippen molar-refractivity contribution in [2.75, 3.05) is 5.32 Å². The maximum Gasteiger partial charge on any atom is 0.417 e. The number of para-hydroxylation sites is 1. The highest BCUT2D eigenvalue weighted by Crippen LogP contribution is 2.33. The van der Waals surface area contributed by atoms with Crippen molar-refractivity contribution >= 4 is 22.6 Å². The fourth-order valence-electron chi connectivity index (χ4n) is 2.62. The number of aromatic nitrogens is 3. The molecule has 3 rings (SSSR count). The minimum atomic E-state index is -4.76. The van der Waals surface area contributed by atoms with Crippen LogP contribution in [0.3, 0.4) is 0 Å². The lowest BCUT2D eigenvalue weighted by Crippen LogP contribution is -2.44. The van der Waals surface area contributed by atoms with Crippen LogP contribution in [0.5, 0.6) is 0 Å². The molecule has 7 nitrogen and oxygen atoms in total. The highest BCUT2D eigenvalue weighted by molar-refractivity contribution is 5.97. The summed E-state index contributed by atoms with van der Waals surface area (Å²) in [5, 5.41) is 29.4. The van der Waals surface area contributed by atoms with Gasteiger partial charge in [0.1, 0.15) is 5.52 Å². The predicted molar refractivity (Wildman–Crippen MR) is 92.9 cm³/mol. The van der Waals surface area contributed by atoms with Crippen molar-refractivity contribution in [3.8, 4) is 6.07 Å². The summed E-state index contributed by atoms with van der Waals surface area (Å²) in [5.41, 5.74) is -2.75.